The van der Waals surface area contributed by atoms with Crippen LogP contribution in [-0.2, 0) is 4.74 Å². The molecule has 0 bridgehead atoms. The van der Waals surface area contributed by atoms with Crippen molar-refractivity contribution in [2.45, 2.75) is 71.1 Å². The van der Waals surface area contributed by atoms with Gasteiger partial charge in [-0.2, -0.15) is 0 Å². The molecule has 148 valence electrons. The van der Waals surface area contributed by atoms with Crippen molar-refractivity contribution in [2.75, 3.05) is 32.9 Å². The molecule has 2 saturated carbocycles. The van der Waals surface area contributed by atoms with Crippen LogP contribution >= 0.6 is 0 Å². The number of hydrogen-bond donors (Lipinski definition) is 1. The van der Waals surface area contributed by atoms with E-state index in [1.54, 1.807) is 0 Å². The molecule has 4 heteroatoms. The molecule has 3 atom stereocenters. The molecule has 0 aromatic heterocycles. The summed E-state index contributed by atoms with van der Waals surface area (Å²) in [7, 11) is 0. The number of hydrogen-bond acceptors (Lipinski definition) is 4. The molecule has 0 spiro atoms. The summed E-state index contributed by atoms with van der Waals surface area (Å²) >= 11 is 0. The largest absolute Gasteiger partial charge is 0.388 e. The highest BCUT2D eigenvalue weighted by atomic mass is 16.5. The van der Waals surface area contributed by atoms with Crippen LogP contribution < -0.4 is 0 Å². The molecule has 3 rings (SSSR count). The van der Waals surface area contributed by atoms with Gasteiger partial charge in [0.2, 0.25) is 0 Å². The zero-order valence-electron chi connectivity index (χ0n) is 17.4. The number of fused-ring (bicyclic) bond motifs is 1. The molecule has 26 heavy (non-hydrogen) atoms. The van der Waals surface area contributed by atoms with Crippen molar-refractivity contribution in [1.29, 1.82) is 0 Å². The highest BCUT2D eigenvalue weighted by Gasteiger charge is 2.66. The second-order valence-corrected chi connectivity index (χ2v) is 9.73. The average Bonchev–Trinajstić information content (AvgIpc) is 3.44. The number of aliphatic hydroxyl groups is 1. The smallest absolute Gasteiger partial charge is 0.100 e. The SMILES string of the molecule is C/C=C\C=C(/C)CN1CCC(O)(CN(COC(C)(C)C)C2C3C[C@H]32)CC1. The van der Waals surface area contributed by atoms with Gasteiger partial charge in [0.15, 0.2) is 0 Å². The van der Waals surface area contributed by atoms with Crippen molar-refractivity contribution in [1.82, 2.24) is 9.80 Å². The minimum Gasteiger partial charge on any atom is -0.388 e. The summed E-state index contributed by atoms with van der Waals surface area (Å²) in [5.41, 5.74) is 0.695. The summed E-state index contributed by atoms with van der Waals surface area (Å²) in [5.74, 6) is 1.78. The molecule has 2 aliphatic carbocycles. The standard InChI is InChI=1S/C22H38N2O2/c1-6-7-8-17(2)14-23-11-9-22(25,10-12-23)15-24(16-26-21(3,4)5)20-18-13-19(18)20/h6-8,18-20,25H,9-16H2,1-5H3/b7-6-,17-8+/t18-,19?,20?/m1/s1. The van der Waals surface area contributed by atoms with E-state index in [0.29, 0.717) is 12.8 Å². The van der Waals surface area contributed by atoms with Gasteiger partial charge in [0, 0.05) is 32.2 Å². The maximum absolute atomic E-state index is 11.2. The van der Waals surface area contributed by atoms with Gasteiger partial charge < -0.3 is 9.84 Å². The van der Waals surface area contributed by atoms with Crippen LogP contribution in [0.2, 0.25) is 0 Å². The summed E-state index contributed by atoms with van der Waals surface area (Å²) in [6.45, 7) is 14.9. The fraction of sp³-hybridized carbons (Fsp3) is 0.818. The van der Waals surface area contributed by atoms with Gasteiger partial charge in [0.25, 0.3) is 0 Å². The van der Waals surface area contributed by atoms with Crippen molar-refractivity contribution < 1.29 is 9.84 Å². The number of ether oxygens (including phenoxy) is 1. The summed E-state index contributed by atoms with van der Waals surface area (Å²) in [5, 5.41) is 11.2. The van der Waals surface area contributed by atoms with Crippen LogP contribution in [0.15, 0.2) is 23.8 Å². The Morgan fingerprint density at radius 3 is 2.42 bits per heavy atom. The summed E-state index contributed by atoms with van der Waals surface area (Å²) in [4.78, 5) is 4.89. The van der Waals surface area contributed by atoms with Gasteiger partial charge in [0.05, 0.1) is 11.2 Å². The Balaban J connectivity index is 1.49. The molecule has 3 aliphatic rings. The minimum absolute atomic E-state index is 0.125. The number of piperidine rings is 1. The average molecular weight is 363 g/mol. The van der Waals surface area contributed by atoms with E-state index in [2.05, 4.69) is 55.7 Å². The lowest BCUT2D eigenvalue weighted by Crippen LogP contribution is -2.53. The second-order valence-electron chi connectivity index (χ2n) is 9.73. The number of rotatable bonds is 8. The van der Waals surface area contributed by atoms with E-state index >= 15 is 0 Å². The van der Waals surface area contributed by atoms with Crippen LogP contribution in [0.25, 0.3) is 0 Å². The maximum Gasteiger partial charge on any atom is 0.100 e. The van der Waals surface area contributed by atoms with Gasteiger partial charge in [-0.05, 0) is 65.7 Å². The van der Waals surface area contributed by atoms with E-state index in [4.69, 9.17) is 4.74 Å². The van der Waals surface area contributed by atoms with E-state index in [1.165, 1.54) is 12.0 Å². The fourth-order valence-corrected chi connectivity index (χ4v) is 4.13. The molecule has 3 fully saturated rings. The molecule has 1 N–H and O–H groups in total. The monoisotopic (exact) mass is 362 g/mol. The Labute approximate surface area is 159 Å². The Morgan fingerprint density at radius 2 is 1.92 bits per heavy atom. The summed E-state index contributed by atoms with van der Waals surface area (Å²) in [6.07, 6.45) is 9.46. The highest BCUT2D eigenvalue weighted by molar-refractivity contribution is 5.18. The van der Waals surface area contributed by atoms with Crippen molar-refractivity contribution in [3.8, 4) is 0 Å². The Kier molecular flexibility index (Phi) is 5.98. The van der Waals surface area contributed by atoms with Crippen LogP contribution in [0, 0.1) is 11.8 Å². The minimum atomic E-state index is -0.562. The van der Waals surface area contributed by atoms with Crippen molar-refractivity contribution in [2.24, 2.45) is 11.8 Å². The first-order valence-electron chi connectivity index (χ1n) is 10.3. The zero-order valence-corrected chi connectivity index (χ0v) is 17.4. The van der Waals surface area contributed by atoms with Crippen LogP contribution in [0.1, 0.15) is 53.9 Å². The molecule has 1 aliphatic heterocycles. The summed E-state index contributed by atoms with van der Waals surface area (Å²) < 4.78 is 6.05. The molecule has 0 amide bonds. The van der Waals surface area contributed by atoms with Gasteiger partial charge in [0.1, 0.15) is 6.73 Å². The predicted molar refractivity (Wildman–Crippen MR) is 107 cm³/mol. The van der Waals surface area contributed by atoms with Gasteiger partial charge >= 0.3 is 0 Å². The number of allylic oxidation sites excluding steroid dienone is 3. The molecule has 2 unspecified atom stereocenters. The lowest BCUT2D eigenvalue weighted by atomic mass is 9.90. The molecule has 4 nitrogen and oxygen atoms in total. The fourth-order valence-electron chi connectivity index (χ4n) is 4.13. The van der Waals surface area contributed by atoms with Gasteiger partial charge in [-0.15, -0.1) is 0 Å². The van der Waals surface area contributed by atoms with Crippen molar-refractivity contribution in [3.63, 3.8) is 0 Å². The first kappa shape index (κ1) is 20.1. The van der Waals surface area contributed by atoms with Gasteiger partial charge in [-0.1, -0.05) is 23.8 Å². The third-order valence-corrected chi connectivity index (χ3v) is 6.04. The third kappa shape index (κ3) is 5.41. The number of nitrogens with zero attached hydrogens (tertiary/aromatic N) is 2. The van der Waals surface area contributed by atoms with E-state index in [-0.39, 0.29) is 5.60 Å². The van der Waals surface area contributed by atoms with Crippen LogP contribution in [0.5, 0.6) is 0 Å². The third-order valence-electron chi connectivity index (χ3n) is 6.04. The molecule has 0 aromatic carbocycles. The topological polar surface area (TPSA) is 35.9 Å². The maximum atomic E-state index is 11.2. The van der Waals surface area contributed by atoms with Crippen LogP contribution in [-0.4, -0.2) is 65.1 Å². The van der Waals surface area contributed by atoms with E-state index in [0.717, 1.165) is 50.9 Å². The molecule has 1 heterocycles. The molecule has 0 radical (unpaired) electrons. The molecule has 0 aromatic rings. The lowest BCUT2D eigenvalue weighted by molar-refractivity contribution is -0.109. The molecular weight excluding hydrogens is 324 g/mol. The molecule has 1 saturated heterocycles. The van der Waals surface area contributed by atoms with Crippen LogP contribution in [0.4, 0.5) is 0 Å². The van der Waals surface area contributed by atoms with Gasteiger partial charge in [-0.3, -0.25) is 9.80 Å². The van der Waals surface area contributed by atoms with E-state index in [9.17, 15) is 5.11 Å². The van der Waals surface area contributed by atoms with Crippen molar-refractivity contribution >= 4 is 0 Å². The lowest BCUT2D eigenvalue weighted by Gasteiger charge is -2.42. The predicted octanol–water partition coefficient (Wildman–Crippen LogP) is 3.43. The molecular formula is C22H38N2O2. The quantitative estimate of drug-likeness (QED) is 0.530. The highest BCUT2D eigenvalue weighted by Crippen LogP contribution is 2.65. The Bertz CT molecular complexity index is 533. The van der Waals surface area contributed by atoms with Crippen molar-refractivity contribution in [3.05, 3.63) is 23.8 Å². The summed E-state index contributed by atoms with van der Waals surface area (Å²) in [6, 6.07) is 0.672. The van der Waals surface area contributed by atoms with E-state index in [1.807, 2.05) is 6.92 Å². The van der Waals surface area contributed by atoms with Crippen LogP contribution in [0.3, 0.4) is 0 Å². The Hall–Kier alpha value is -0.680. The zero-order chi connectivity index (χ0) is 18.9. The van der Waals surface area contributed by atoms with E-state index < -0.39 is 5.60 Å². The number of likely N-dealkylation sites (tertiary alicyclic amines) is 1. The second kappa shape index (κ2) is 7.75. The normalized spacial score (nSPS) is 31.5. The first-order chi connectivity index (χ1) is 12.2. The first-order valence-corrected chi connectivity index (χ1v) is 10.3. The van der Waals surface area contributed by atoms with Gasteiger partial charge in [-0.25, -0.2) is 0 Å². The Morgan fingerprint density at radius 1 is 1.27 bits per heavy atom.